The Hall–Kier alpha value is -2.68. The smallest absolute Gasteiger partial charge is 0.316 e. The third-order valence-electron chi connectivity index (χ3n) is 4.83. The largest absolute Gasteiger partial charge is 0.463 e. The lowest BCUT2D eigenvalue weighted by Gasteiger charge is -2.11. The van der Waals surface area contributed by atoms with E-state index in [2.05, 4.69) is 29.2 Å². The first kappa shape index (κ1) is 16.8. The zero-order valence-electron chi connectivity index (χ0n) is 15.0. The highest BCUT2D eigenvalue weighted by Crippen LogP contribution is 2.34. The SMILES string of the molecule is c1ccc(-c2cnc(OCCCCC3CC3)nc2-c2ccccc2)cc1. The molecule has 0 saturated heterocycles. The Kier molecular flexibility index (Phi) is 5.25. The van der Waals surface area contributed by atoms with Crippen molar-refractivity contribution in [1.82, 2.24) is 9.97 Å². The fourth-order valence-electron chi connectivity index (χ4n) is 3.19. The van der Waals surface area contributed by atoms with Crippen molar-refractivity contribution in [3.05, 3.63) is 66.9 Å². The maximum Gasteiger partial charge on any atom is 0.316 e. The fourth-order valence-corrected chi connectivity index (χ4v) is 3.19. The molecule has 0 N–H and O–H groups in total. The molecule has 1 aliphatic rings. The Morgan fingerprint density at radius 2 is 1.54 bits per heavy atom. The first-order chi connectivity index (χ1) is 12.9. The molecule has 2 aromatic carbocycles. The second-order valence-electron chi connectivity index (χ2n) is 6.93. The van der Waals surface area contributed by atoms with Gasteiger partial charge >= 0.3 is 6.01 Å². The molecule has 26 heavy (non-hydrogen) atoms. The molecule has 0 unspecified atom stereocenters. The van der Waals surface area contributed by atoms with Crippen LogP contribution >= 0.6 is 0 Å². The summed E-state index contributed by atoms with van der Waals surface area (Å²) in [6.45, 7) is 0.686. The van der Waals surface area contributed by atoms with E-state index in [4.69, 9.17) is 9.72 Å². The van der Waals surface area contributed by atoms with E-state index in [0.717, 1.165) is 34.7 Å². The summed E-state index contributed by atoms with van der Waals surface area (Å²) >= 11 is 0. The van der Waals surface area contributed by atoms with E-state index >= 15 is 0 Å². The van der Waals surface area contributed by atoms with Crippen LogP contribution in [-0.4, -0.2) is 16.6 Å². The van der Waals surface area contributed by atoms with Crippen LogP contribution in [0, 0.1) is 5.92 Å². The summed E-state index contributed by atoms with van der Waals surface area (Å²) in [4.78, 5) is 9.18. The summed E-state index contributed by atoms with van der Waals surface area (Å²) in [5.41, 5.74) is 4.13. The third kappa shape index (κ3) is 4.29. The molecule has 1 saturated carbocycles. The molecule has 0 atom stereocenters. The molecule has 0 amide bonds. The van der Waals surface area contributed by atoms with Gasteiger partial charge in [0.05, 0.1) is 12.3 Å². The van der Waals surface area contributed by atoms with Crippen LogP contribution in [0.1, 0.15) is 32.1 Å². The third-order valence-corrected chi connectivity index (χ3v) is 4.83. The highest BCUT2D eigenvalue weighted by Gasteiger charge is 2.20. The molecule has 0 radical (unpaired) electrons. The van der Waals surface area contributed by atoms with Crippen molar-refractivity contribution >= 4 is 0 Å². The molecular formula is C23H24N2O. The number of ether oxygens (including phenoxy) is 1. The summed E-state index contributed by atoms with van der Waals surface area (Å²) in [5.74, 6) is 0.987. The van der Waals surface area contributed by atoms with E-state index in [1.807, 2.05) is 42.6 Å². The number of hydrogen-bond donors (Lipinski definition) is 0. The molecule has 3 heteroatoms. The predicted molar refractivity (Wildman–Crippen MR) is 105 cm³/mol. The van der Waals surface area contributed by atoms with E-state index in [9.17, 15) is 0 Å². The number of aromatic nitrogens is 2. The van der Waals surface area contributed by atoms with Crippen LogP contribution in [0.25, 0.3) is 22.4 Å². The van der Waals surface area contributed by atoms with Gasteiger partial charge in [-0.25, -0.2) is 4.98 Å². The molecule has 4 rings (SSSR count). The predicted octanol–water partition coefficient (Wildman–Crippen LogP) is 5.77. The summed E-state index contributed by atoms with van der Waals surface area (Å²) in [6, 6.07) is 21.0. The molecule has 0 bridgehead atoms. The molecule has 3 nitrogen and oxygen atoms in total. The number of unbranched alkanes of at least 4 members (excludes halogenated alkanes) is 1. The first-order valence-electron chi connectivity index (χ1n) is 9.51. The first-order valence-corrected chi connectivity index (χ1v) is 9.51. The van der Waals surface area contributed by atoms with Gasteiger partial charge in [-0.2, -0.15) is 4.98 Å². The van der Waals surface area contributed by atoms with Crippen molar-refractivity contribution in [2.75, 3.05) is 6.61 Å². The number of rotatable bonds is 8. The Morgan fingerprint density at radius 3 is 2.23 bits per heavy atom. The normalized spacial score (nSPS) is 13.5. The number of hydrogen-bond acceptors (Lipinski definition) is 3. The van der Waals surface area contributed by atoms with E-state index in [1.54, 1.807) is 0 Å². The molecule has 132 valence electrons. The van der Waals surface area contributed by atoms with Crippen molar-refractivity contribution < 1.29 is 4.74 Å². The van der Waals surface area contributed by atoms with E-state index < -0.39 is 0 Å². The van der Waals surface area contributed by atoms with Gasteiger partial charge in [0.2, 0.25) is 0 Å². The standard InChI is InChI=1S/C23H24N2O/c1-3-10-19(11-4-1)21-17-24-23(26-16-8-7-9-18-14-15-18)25-22(21)20-12-5-2-6-13-20/h1-6,10-13,17-18H,7-9,14-16H2. The average molecular weight is 344 g/mol. The summed E-state index contributed by atoms with van der Waals surface area (Å²) < 4.78 is 5.84. The van der Waals surface area contributed by atoms with Gasteiger partial charge in [0, 0.05) is 17.3 Å². The van der Waals surface area contributed by atoms with E-state index in [1.165, 1.54) is 25.7 Å². The van der Waals surface area contributed by atoms with Crippen LogP contribution in [0.3, 0.4) is 0 Å². The zero-order chi connectivity index (χ0) is 17.6. The lowest BCUT2D eigenvalue weighted by molar-refractivity contribution is 0.281. The molecule has 1 fully saturated rings. The minimum Gasteiger partial charge on any atom is -0.463 e. The van der Waals surface area contributed by atoms with Crippen LogP contribution < -0.4 is 4.74 Å². The maximum atomic E-state index is 5.84. The summed E-state index contributed by atoms with van der Waals surface area (Å²) in [7, 11) is 0. The van der Waals surface area contributed by atoms with Gasteiger partial charge in [0.1, 0.15) is 0 Å². The Balaban J connectivity index is 1.53. The average Bonchev–Trinajstić information content (AvgIpc) is 3.53. The topological polar surface area (TPSA) is 35.0 Å². The number of benzene rings is 2. The Bertz CT molecular complexity index is 829. The zero-order valence-corrected chi connectivity index (χ0v) is 15.0. The minimum absolute atomic E-state index is 0.468. The van der Waals surface area contributed by atoms with Gasteiger partial charge in [0.25, 0.3) is 0 Å². The van der Waals surface area contributed by atoms with Crippen molar-refractivity contribution in [3.63, 3.8) is 0 Å². The Morgan fingerprint density at radius 1 is 0.846 bits per heavy atom. The highest BCUT2D eigenvalue weighted by molar-refractivity contribution is 5.80. The van der Waals surface area contributed by atoms with Crippen LogP contribution in [0.5, 0.6) is 6.01 Å². The van der Waals surface area contributed by atoms with Gasteiger partial charge in [-0.15, -0.1) is 0 Å². The van der Waals surface area contributed by atoms with Gasteiger partial charge in [-0.05, 0) is 24.3 Å². The lowest BCUT2D eigenvalue weighted by Crippen LogP contribution is -2.03. The van der Waals surface area contributed by atoms with Crippen LogP contribution in [-0.2, 0) is 0 Å². The summed E-state index contributed by atoms with van der Waals surface area (Å²) in [6.07, 6.45) is 8.37. The molecule has 1 aliphatic carbocycles. The van der Waals surface area contributed by atoms with Crippen molar-refractivity contribution in [2.45, 2.75) is 32.1 Å². The van der Waals surface area contributed by atoms with Gasteiger partial charge in [-0.3, -0.25) is 0 Å². The molecule has 1 heterocycles. The van der Waals surface area contributed by atoms with E-state index in [-0.39, 0.29) is 0 Å². The lowest BCUT2D eigenvalue weighted by atomic mass is 10.0. The van der Waals surface area contributed by atoms with Crippen molar-refractivity contribution in [3.8, 4) is 28.4 Å². The highest BCUT2D eigenvalue weighted by atomic mass is 16.5. The molecular weight excluding hydrogens is 320 g/mol. The van der Waals surface area contributed by atoms with Gasteiger partial charge < -0.3 is 4.74 Å². The molecule has 3 aromatic rings. The molecule has 1 aromatic heterocycles. The van der Waals surface area contributed by atoms with E-state index in [0.29, 0.717) is 12.6 Å². The van der Waals surface area contributed by atoms with Crippen molar-refractivity contribution in [1.29, 1.82) is 0 Å². The fraction of sp³-hybridized carbons (Fsp3) is 0.304. The second kappa shape index (κ2) is 8.13. The monoisotopic (exact) mass is 344 g/mol. The van der Waals surface area contributed by atoms with Gasteiger partial charge in [0.15, 0.2) is 0 Å². The number of nitrogens with zero attached hydrogens (tertiary/aromatic N) is 2. The quantitative estimate of drug-likeness (QED) is 0.487. The van der Waals surface area contributed by atoms with Crippen LogP contribution in [0.15, 0.2) is 66.9 Å². The molecule has 0 spiro atoms. The van der Waals surface area contributed by atoms with Gasteiger partial charge in [-0.1, -0.05) is 79.9 Å². The minimum atomic E-state index is 0.468. The second-order valence-corrected chi connectivity index (χ2v) is 6.93. The van der Waals surface area contributed by atoms with Crippen LogP contribution in [0.4, 0.5) is 0 Å². The Labute approximate surface area is 155 Å². The summed E-state index contributed by atoms with van der Waals surface area (Å²) in [5, 5.41) is 0. The maximum absolute atomic E-state index is 5.84. The molecule has 0 aliphatic heterocycles. The van der Waals surface area contributed by atoms with Crippen LogP contribution in [0.2, 0.25) is 0 Å². The van der Waals surface area contributed by atoms with Crippen molar-refractivity contribution in [2.24, 2.45) is 5.92 Å².